The highest BCUT2D eigenvalue weighted by Crippen LogP contribution is 2.30. The molecule has 0 spiro atoms. The van der Waals surface area contributed by atoms with Crippen molar-refractivity contribution in [1.29, 1.82) is 0 Å². The summed E-state index contributed by atoms with van der Waals surface area (Å²) in [5.41, 5.74) is 12.5. The smallest absolute Gasteiger partial charge is 0.339 e. The summed E-state index contributed by atoms with van der Waals surface area (Å²) in [5.74, 6) is 7.90. The first-order valence-corrected chi connectivity index (χ1v) is 11.9. The summed E-state index contributed by atoms with van der Waals surface area (Å²) in [6.45, 7) is 3.00. The predicted octanol–water partition coefficient (Wildman–Crippen LogP) is 1.57. The van der Waals surface area contributed by atoms with Gasteiger partial charge in [-0.1, -0.05) is 0 Å². The maximum absolute atomic E-state index is 12.4. The van der Waals surface area contributed by atoms with Crippen LogP contribution < -0.4 is 33.2 Å². The molecule has 0 unspecified atom stereocenters. The molecule has 1 aromatic heterocycles. The number of hydrogen-bond donors (Lipinski definition) is 8. The number of benzene rings is 2. The van der Waals surface area contributed by atoms with E-state index in [2.05, 4.69) is 4.98 Å². The molecule has 0 amide bonds. The Hall–Kier alpha value is -5.80. The molecule has 15 nitrogen and oxygen atoms in total. The van der Waals surface area contributed by atoms with Crippen LogP contribution in [0.4, 0.5) is 11.4 Å². The molecule has 0 bridgehead atoms. The van der Waals surface area contributed by atoms with Gasteiger partial charge in [-0.25, -0.2) is 31.1 Å². The number of rotatable bonds is 9. The number of phenols is 2. The lowest BCUT2D eigenvalue weighted by Crippen LogP contribution is -2.27. The van der Waals surface area contributed by atoms with Crippen LogP contribution >= 0.6 is 0 Å². The van der Waals surface area contributed by atoms with E-state index < -0.39 is 29.4 Å². The molecule has 0 aliphatic carbocycles. The highest BCUT2D eigenvalue weighted by atomic mass is 16.5. The van der Waals surface area contributed by atoms with Crippen molar-refractivity contribution in [2.24, 2.45) is 23.2 Å². The minimum absolute atomic E-state index is 0.0135. The highest BCUT2D eigenvalue weighted by Gasteiger charge is 2.18. The van der Waals surface area contributed by atoms with Crippen LogP contribution in [-0.2, 0) is 4.74 Å². The molecule has 0 atom stereocenters. The molecule has 0 fully saturated rings. The van der Waals surface area contributed by atoms with Crippen LogP contribution in [0, 0.1) is 13.8 Å². The molecule has 15 heteroatoms. The number of carboxylic acids is 2. The van der Waals surface area contributed by atoms with Crippen molar-refractivity contribution in [2.75, 3.05) is 17.1 Å². The molecular formula is C27H29N7O8. The van der Waals surface area contributed by atoms with E-state index in [-0.39, 0.29) is 62.0 Å². The van der Waals surface area contributed by atoms with E-state index >= 15 is 0 Å². The van der Waals surface area contributed by atoms with Crippen molar-refractivity contribution < 1.29 is 39.5 Å². The molecule has 2 aromatic carbocycles. The third-order valence-electron chi connectivity index (χ3n) is 6.02. The summed E-state index contributed by atoms with van der Waals surface area (Å²) >= 11 is 0. The zero-order chi connectivity index (χ0) is 31.5. The molecular weight excluding hydrogens is 550 g/mol. The standard InChI is InChI=1S/C27H29N7O8/c1-12-4-15(8-17(23(12)35)25(37)38)33(30)10-19(28)21-6-14(27(41)42-3)7-22(32-21)20(29)11-34(31)16-5-13(2)24(36)18(9-16)26(39)40/h4-11,35-36H,28-31H2,1-3H3,(H,37,38)(H,39,40)/b19-10-,20-11-. The summed E-state index contributed by atoms with van der Waals surface area (Å²) < 4.78 is 4.81. The number of methoxy groups -OCH3 is 1. The van der Waals surface area contributed by atoms with E-state index in [0.29, 0.717) is 0 Å². The quantitative estimate of drug-likeness (QED) is 0.102. The topological polar surface area (TPSA) is 265 Å². The number of aryl methyl sites for hydroxylation is 2. The number of carbonyl (C=O) groups is 3. The van der Waals surface area contributed by atoms with Crippen molar-refractivity contribution in [3.05, 3.63) is 88.0 Å². The first kappa shape index (κ1) is 30.7. The fraction of sp³-hybridized carbons (Fsp3) is 0.111. The SMILES string of the molecule is COC(=O)c1cc(/C(N)=C/N(N)c2cc(C)c(O)c(C(=O)O)c2)nc(/C(N)=C/N(N)c2cc(C)c(O)c(C(=O)O)c2)c1. The Morgan fingerprint density at radius 3 is 1.48 bits per heavy atom. The monoisotopic (exact) mass is 579 g/mol. The van der Waals surface area contributed by atoms with E-state index in [1.54, 1.807) is 0 Å². The average Bonchev–Trinajstić information content (AvgIpc) is 2.94. The van der Waals surface area contributed by atoms with E-state index in [1.165, 1.54) is 57.6 Å². The van der Waals surface area contributed by atoms with Crippen LogP contribution in [0.5, 0.6) is 11.5 Å². The van der Waals surface area contributed by atoms with Crippen LogP contribution in [0.25, 0.3) is 11.4 Å². The summed E-state index contributed by atoms with van der Waals surface area (Å²) in [6.07, 6.45) is 2.43. The minimum Gasteiger partial charge on any atom is -0.507 e. The Labute approximate surface area is 239 Å². The molecule has 0 aliphatic heterocycles. The van der Waals surface area contributed by atoms with Gasteiger partial charge in [0.25, 0.3) is 0 Å². The number of aromatic nitrogens is 1. The fourth-order valence-corrected chi connectivity index (χ4v) is 3.79. The molecule has 220 valence electrons. The zero-order valence-electron chi connectivity index (χ0n) is 22.7. The summed E-state index contributed by atoms with van der Waals surface area (Å²) in [6, 6.07) is 7.80. The number of carbonyl (C=O) groups excluding carboxylic acids is 1. The number of pyridine rings is 1. The Kier molecular flexibility index (Phi) is 8.90. The second-order valence-corrected chi connectivity index (χ2v) is 9.03. The van der Waals surface area contributed by atoms with Gasteiger partial charge in [-0.05, 0) is 61.4 Å². The number of anilines is 2. The van der Waals surface area contributed by atoms with E-state index in [0.717, 1.165) is 22.2 Å². The first-order chi connectivity index (χ1) is 19.6. The van der Waals surface area contributed by atoms with Crippen molar-refractivity contribution in [1.82, 2.24) is 4.98 Å². The second-order valence-electron chi connectivity index (χ2n) is 9.03. The van der Waals surface area contributed by atoms with Gasteiger partial charge in [0.15, 0.2) is 0 Å². The Morgan fingerprint density at radius 1 is 0.762 bits per heavy atom. The first-order valence-electron chi connectivity index (χ1n) is 11.9. The van der Waals surface area contributed by atoms with Crippen molar-refractivity contribution in [3.8, 4) is 11.5 Å². The predicted molar refractivity (Wildman–Crippen MR) is 153 cm³/mol. The van der Waals surface area contributed by atoms with Crippen molar-refractivity contribution in [2.45, 2.75) is 13.8 Å². The number of nitrogens with zero attached hydrogens (tertiary/aromatic N) is 3. The third kappa shape index (κ3) is 6.49. The van der Waals surface area contributed by atoms with Gasteiger partial charge in [0.05, 0.1) is 46.8 Å². The number of esters is 1. The van der Waals surface area contributed by atoms with Crippen LogP contribution in [-0.4, -0.2) is 50.4 Å². The molecule has 3 aromatic rings. The largest absolute Gasteiger partial charge is 0.507 e. The van der Waals surface area contributed by atoms with Crippen molar-refractivity contribution >= 4 is 40.7 Å². The van der Waals surface area contributed by atoms with E-state index in [4.69, 9.17) is 27.9 Å². The molecule has 1 heterocycles. The Balaban J connectivity index is 2.06. The number of nitrogens with two attached hydrogens (primary N) is 4. The van der Waals surface area contributed by atoms with Gasteiger partial charge in [-0.3, -0.25) is 10.0 Å². The minimum atomic E-state index is -1.36. The molecule has 12 N–H and O–H groups in total. The van der Waals surface area contributed by atoms with Gasteiger partial charge >= 0.3 is 17.9 Å². The Morgan fingerprint density at radius 2 is 1.14 bits per heavy atom. The number of aromatic carboxylic acids is 2. The van der Waals surface area contributed by atoms with Crippen LogP contribution in [0.2, 0.25) is 0 Å². The number of carboxylic acid groups (broad SMARTS) is 2. The maximum Gasteiger partial charge on any atom is 0.339 e. The lowest BCUT2D eigenvalue weighted by molar-refractivity contribution is 0.0598. The number of hydrazine groups is 2. The van der Waals surface area contributed by atoms with E-state index in [9.17, 15) is 34.8 Å². The average molecular weight is 580 g/mol. The van der Waals surface area contributed by atoms with E-state index in [1.807, 2.05) is 0 Å². The molecule has 42 heavy (non-hydrogen) atoms. The highest BCUT2D eigenvalue weighted by molar-refractivity contribution is 5.94. The lowest BCUT2D eigenvalue weighted by atomic mass is 10.1. The van der Waals surface area contributed by atoms with Gasteiger partial charge in [-0.15, -0.1) is 0 Å². The number of ether oxygens (including phenoxy) is 1. The molecule has 0 saturated heterocycles. The number of hydrogen-bond acceptors (Lipinski definition) is 13. The van der Waals surface area contributed by atoms with Gasteiger partial charge in [0, 0.05) is 12.4 Å². The normalized spacial score (nSPS) is 11.6. The van der Waals surface area contributed by atoms with Crippen LogP contribution in [0.1, 0.15) is 53.6 Å². The van der Waals surface area contributed by atoms with Gasteiger partial charge < -0.3 is 36.6 Å². The number of aromatic hydroxyl groups is 2. The fourth-order valence-electron chi connectivity index (χ4n) is 3.79. The lowest BCUT2D eigenvalue weighted by Gasteiger charge is -2.18. The molecule has 0 saturated carbocycles. The molecule has 0 radical (unpaired) electrons. The van der Waals surface area contributed by atoms with Crippen LogP contribution in [0.15, 0.2) is 48.8 Å². The van der Waals surface area contributed by atoms with Gasteiger partial charge in [-0.2, -0.15) is 0 Å². The third-order valence-corrected chi connectivity index (χ3v) is 6.02. The van der Waals surface area contributed by atoms with Crippen molar-refractivity contribution in [3.63, 3.8) is 0 Å². The summed E-state index contributed by atoms with van der Waals surface area (Å²) in [5, 5.41) is 40.8. The van der Waals surface area contributed by atoms with Gasteiger partial charge in [0.2, 0.25) is 0 Å². The molecule has 0 aliphatic rings. The Bertz CT molecular complexity index is 1540. The van der Waals surface area contributed by atoms with Crippen LogP contribution in [0.3, 0.4) is 0 Å². The van der Waals surface area contributed by atoms with Gasteiger partial charge in [0.1, 0.15) is 22.6 Å². The summed E-state index contributed by atoms with van der Waals surface area (Å²) in [4.78, 5) is 39.7. The maximum atomic E-state index is 12.4. The second kappa shape index (κ2) is 12.2. The molecule has 3 rings (SSSR count). The summed E-state index contributed by atoms with van der Waals surface area (Å²) in [7, 11) is 1.17. The zero-order valence-corrected chi connectivity index (χ0v) is 22.7.